The van der Waals surface area contributed by atoms with Crippen LogP contribution in [0.2, 0.25) is 0 Å². The van der Waals surface area contributed by atoms with E-state index in [-0.39, 0.29) is 17.5 Å². The van der Waals surface area contributed by atoms with Crippen molar-refractivity contribution in [3.8, 4) is 11.4 Å². The molecule has 1 aromatic heterocycles. The highest BCUT2D eigenvalue weighted by atomic mass is 79.9. The predicted molar refractivity (Wildman–Crippen MR) is 81.3 cm³/mol. The highest BCUT2D eigenvalue weighted by Crippen LogP contribution is 2.20. The zero-order chi connectivity index (χ0) is 14.9. The molecule has 1 aliphatic heterocycles. The number of hydrogen-bond donors (Lipinski definition) is 1. The summed E-state index contributed by atoms with van der Waals surface area (Å²) < 4.78 is 28.9. The van der Waals surface area contributed by atoms with Crippen molar-refractivity contribution in [2.75, 3.05) is 11.5 Å². The number of hydrogen-bond acceptors (Lipinski definition) is 6. The van der Waals surface area contributed by atoms with E-state index < -0.39 is 9.84 Å². The number of rotatable bonds is 4. The lowest BCUT2D eigenvalue weighted by molar-refractivity contribution is 0.360. The summed E-state index contributed by atoms with van der Waals surface area (Å²) in [6.07, 6.45) is 0.634. The normalized spacial score (nSPS) is 20.7. The van der Waals surface area contributed by atoms with Crippen LogP contribution in [0.5, 0.6) is 0 Å². The van der Waals surface area contributed by atoms with Gasteiger partial charge >= 0.3 is 0 Å². The third-order valence-corrected chi connectivity index (χ3v) is 5.59. The van der Waals surface area contributed by atoms with Crippen LogP contribution in [0.1, 0.15) is 12.3 Å². The molecule has 6 nitrogen and oxygen atoms in total. The lowest BCUT2D eigenvalue weighted by Gasteiger charge is -2.07. The Hall–Kier alpha value is -1.25. The molecule has 112 valence electrons. The second-order valence-corrected chi connectivity index (χ2v) is 8.15. The molecule has 8 heteroatoms. The molecule has 0 amide bonds. The Morgan fingerprint density at radius 2 is 2.29 bits per heavy atom. The van der Waals surface area contributed by atoms with E-state index >= 15 is 0 Å². The van der Waals surface area contributed by atoms with Gasteiger partial charge in [0.25, 0.3) is 0 Å². The average molecular weight is 372 g/mol. The maximum Gasteiger partial charge on any atom is 0.240 e. The lowest BCUT2D eigenvalue weighted by atomic mass is 10.2. The van der Waals surface area contributed by atoms with Crippen LogP contribution in [0.4, 0.5) is 0 Å². The van der Waals surface area contributed by atoms with E-state index in [1.165, 1.54) is 0 Å². The van der Waals surface area contributed by atoms with E-state index in [1.807, 2.05) is 24.3 Å². The molecule has 2 heterocycles. The SMILES string of the molecule is O=S1(=O)CCC(NCc2nc(-c3cccc(Br)c3)no2)C1. The summed E-state index contributed by atoms with van der Waals surface area (Å²) in [6.45, 7) is 0.376. The van der Waals surface area contributed by atoms with E-state index in [2.05, 4.69) is 31.4 Å². The van der Waals surface area contributed by atoms with Gasteiger partial charge < -0.3 is 9.84 Å². The Bertz CT molecular complexity index is 745. The summed E-state index contributed by atoms with van der Waals surface area (Å²) in [7, 11) is -2.88. The molecule has 2 aromatic rings. The number of aromatic nitrogens is 2. The van der Waals surface area contributed by atoms with Crippen molar-refractivity contribution in [3.05, 3.63) is 34.6 Å². The molecule has 0 spiro atoms. The molecule has 0 saturated carbocycles. The van der Waals surface area contributed by atoms with Crippen LogP contribution in [0.25, 0.3) is 11.4 Å². The molecule has 0 radical (unpaired) electrons. The highest BCUT2D eigenvalue weighted by Gasteiger charge is 2.27. The van der Waals surface area contributed by atoms with Crippen LogP contribution in [-0.4, -0.2) is 36.1 Å². The number of nitrogens with zero attached hydrogens (tertiary/aromatic N) is 2. The highest BCUT2D eigenvalue weighted by molar-refractivity contribution is 9.10. The van der Waals surface area contributed by atoms with Gasteiger partial charge in [-0.1, -0.05) is 33.2 Å². The molecule has 21 heavy (non-hydrogen) atoms. The summed E-state index contributed by atoms with van der Waals surface area (Å²) in [6, 6.07) is 7.60. The second-order valence-electron chi connectivity index (χ2n) is 5.00. The number of nitrogens with one attached hydrogen (secondary N) is 1. The van der Waals surface area contributed by atoms with Gasteiger partial charge in [0.15, 0.2) is 9.84 Å². The van der Waals surface area contributed by atoms with Crippen LogP contribution in [0.3, 0.4) is 0 Å². The zero-order valence-corrected chi connectivity index (χ0v) is 13.5. The summed E-state index contributed by atoms with van der Waals surface area (Å²) in [4.78, 5) is 4.31. The molecule has 1 aromatic carbocycles. The summed E-state index contributed by atoms with van der Waals surface area (Å²) in [5.74, 6) is 1.40. The molecule has 0 bridgehead atoms. The van der Waals surface area contributed by atoms with Gasteiger partial charge in [0.05, 0.1) is 18.1 Å². The van der Waals surface area contributed by atoms with E-state index in [4.69, 9.17) is 4.52 Å². The van der Waals surface area contributed by atoms with E-state index in [0.717, 1.165) is 10.0 Å². The van der Waals surface area contributed by atoms with Gasteiger partial charge in [0.2, 0.25) is 11.7 Å². The molecule has 0 aliphatic carbocycles. The molecule has 1 saturated heterocycles. The second kappa shape index (κ2) is 5.86. The van der Waals surface area contributed by atoms with Crippen LogP contribution < -0.4 is 5.32 Å². The minimum atomic E-state index is -2.88. The maximum absolute atomic E-state index is 11.4. The summed E-state index contributed by atoms with van der Waals surface area (Å²) in [5, 5.41) is 7.08. The molecular formula is C13H14BrN3O3S. The Labute approximate surface area is 131 Å². The van der Waals surface area contributed by atoms with Crippen molar-refractivity contribution in [1.82, 2.24) is 15.5 Å². The summed E-state index contributed by atoms with van der Waals surface area (Å²) >= 11 is 3.40. The predicted octanol–water partition coefficient (Wildman–Crippen LogP) is 1.78. The van der Waals surface area contributed by atoms with E-state index in [1.54, 1.807) is 0 Å². The standard InChI is InChI=1S/C13H14BrN3O3S/c14-10-3-1-2-9(6-10)13-16-12(20-17-13)7-15-11-4-5-21(18,19)8-11/h1-3,6,11,15H,4-5,7-8H2. The fourth-order valence-electron chi connectivity index (χ4n) is 2.26. The van der Waals surface area contributed by atoms with Crippen LogP contribution >= 0.6 is 15.9 Å². The third kappa shape index (κ3) is 3.69. The number of halogens is 1. The number of benzene rings is 1. The van der Waals surface area contributed by atoms with E-state index in [9.17, 15) is 8.42 Å². The van der Waals surface area contributed by atoms with Crippen molar-refractivity contribution in [3.63, 3.8) is 0 Å². The topological polar surface area (TPSA) is 85.1 Å². The smallest absolute Gasteiger partial charge is 0.240 e. The maximum atomic E-state index is 11.4. The molecule has 1 aliphatic rings. The Morgan fingerprint density at radius 3 is 3.00 bits per heavy atom. The number of sulfone groups is 1. The van der Waals surface area contributed by atoms with Gasteiger partial charge in [-0.2, -0.15) is 4.98 Å². The van der Waals surface area contributed by atoms with Gasteiger partial charge in [-0.3, -0.25) is 0 Å². The van der Waals surface area contributed by atoms with Gasteiger partial charge in [-0.25, -0.2) is 8.42 Å². The minimum absolute atomic E-state index is 0.0313. The lowest BCUT2D eigenvalue weighted by Crippen LogP contribution is -2.29. The average Bonchev–Trinajstić information content (AvgIpc) is 3.03. The van der Waals surface area contributed by atoms with Crippen molar-refractivity contribution in [2.24, 2.45) is 0 Å². The quantitative estimate of drug-likeness (QED) is 0.881. The van der Waals surface area contributed by atoms with Gasteiger partial charge in [0.1, 0.15) is 0 Å². The monoisotopic (exact) mass is 371 g/mol. The van der Waals surface area contributed by atoms with Crippen LogP contribution in [0.15, 0.2) is 33.3 Å². The first kappa shape index (κ1) is 14.7. The molecule has 3 rings (SSSR count). The van der Waals surface area contributed by atoms with Gasteiger partial charge in [-0.15, -0.1) is 0 Å². The molecular weight excluding hydrogens is 358 g/mol. The van der Waals surface area contributed by atoms with E-state index in [0.29, 0.717) is 24.7 Å². The Kier molecular flexibility index (Phi) is 4.10. The first-order valence-corrected chi connectivity index (χ1v) is 9.16. The third-order valence-electron chi connectivity index (χ3n) is 3.33. The summed E-state index contributed by atoms with van der Waals surface area (Å²) in [5.41, 5.74) is 0.864. The Morgan fingerprint density at radius 1 is 1.43 bits per heavy atom. The largest absolute Gasteiger partial charge is 0.338 e. The van der Waals surface area contributed by atoms with Gasteiger partial charge in [-0.05, 0) is 18.6 Å². The fourth-order valence-corrected chi connectivity index (χ4v) is 4.37. The molecule has 1 fully saturated rings. The molecule has 1 N–H and O–H groups in total. The zero-order valence-electron chi connectivity index (χ0n) is 11.1. The molecule has 1 atom stereocenters. The van der Waals surface area contributed by atoms with Crippen molar-refractivity contribution in [2.45, 2.75) is 19.0 Å². The van der Waals surface area contributed by atoms with Crippen molar-refractivity contribution < 1.29 is 12.9 Å². The Balaban J connectivity index is 1.63. The minimum Gasteiger partial charge on any atom is -0.338 e. The first-order valence-electron chi connectivity index (χ1n) is 6.54. The van der Waals surface area contributed by atoms with Crippen molar-refractivity contribution in [1.29, 1.82) is 0 Å². The van der Waals surface area contributed by atoms with Gasteiger partial charge in [0, 0.05) is 16.1 Å². The fraction of sp³-hybridized carbons (Fsp3) is 0.385. The first-order chi connectivity index (χ1) is 10.0. The van der Waals surface area contributed by atoms with Crippen molar-refractivity contribution >= 4 is 25.8 Å². The molecule has 1 unspecified atom stereocenters. The van der Waals surface area contributed by atoms with Crippen LogP contribution in [0, 0.1) is 0 Å². The van der Waals surface area contributed by atoms with Crippen LogP contribution in [-0.2, 0) is 16.4 Å².